The topological polar surface area (TPSA) is 17.0 Å². The maximum absolute atomic E-state index is 3.22. The molecule has 0 aliphatic heterocycles. The van der Waals surface area contributed by atoms with E-state index in [1.54, 1.807) is 0 Å². The van der Waals surface area contributed by atoms with Gasteiger partial charge in [-0.25, -0.2) is 0 Å². The molecular formula is C13H18N2. The highest BCUT2D eigenvalue weighted by atomic mass is 14.9. The second-order valence-electron chi connectivity index (χ2n) is 3.94. The van der Waals surface area contributed by atoms with Gasteiger partial charge in [-0.15, -0.1) is 0 Å². The van der Waals surface area contributed by atoms with Gasteiger partial charge in [0.05, 0.1) is 0 Å². The lowest BCUT2D eigenvalue weighted by atomic mass is 10.1. The lowest BCUT2D eigenvalue weighted by molar-refractivity contribution is 0.794. The molecule has 15 heavy (non-hydrogen) atoms. The number of nitrogens with zero attached hydrogens (tertiary/aromatic N) is 1. The first kappa shape index (κ1) is 10.2. The van der Waals surface area contributed by atoms with E-state index in [-0.39, 0.29) is 0 Å². The molecule has 1 N–H and O–H groups in total. The van der Waals surface area contributed by atoms with Gasteiger partial charge < -0.3 is 9.88 Å². The molecule has 2 rings (SSSR count). The van der Waals surface area contributed by atoms with E-state index in [2.05, 4.69) is 48.1 Å². The maximum atomic E-state index is 3.22. The van der Waals surface area contributed by atoms with Crippen molar-refractivity contribution in [1.29, 1.82) is 0 Å². The minimum Gasteiger partial charge on any atom is -0.347 e. The van der Waals surface area contributed by atoms with E-state index < -0.39 is 0 Å². The summed E-state index contributed by atoms with van der Waals surface area (Å²) in [4.78, 5) is 0. The largest absolute Gasteiger partial charge is 0.347 e. The number of aromatic nitrogens is 1. The first-order valence-corrected chi connectivity index (χ1v) is 5.49. The molecule has 80 valence electrons. The first-order chi connectivity index (χ1) is 7.27. The molecule has 0 fully saturated rings. The Morgan fingerprint density at radius 1 is 1.33 bits per heavy atom. The number of hydrogen-bond acceptors (Lipinski definition) is 1. The molecule has 0 atom stereocenters. The van der Waals surface area contributed by atoms with Gasteiger partial charge in [0.15, 0.2) is 0 Å². The molecule has 0 amide bonds. The Balaban J connectivity index is 2.68. The normalized spacial score (nSPS) is 11.1. The average molecular weight is 202 g/mol. The van der Waals surface area contributed by atoms with E-state index in [0.717, 1.165) is 13.1 Å². The van der Waals surface area contributed by atoms with Gasteiger partial charge >= 0.3 is 0 Å². The van der Waals surface area contributed by atoms with Crippen LogP contribution in [-0.4, -0.2) is 11.6 Å². The van der Waals surface area contributed by atoms with E-state index in [0.29, 0.717) is 0 Å². The molecule has 1 aromatic carbocycles. The SMILES string of the molecule is CCn1cc(C)c2c(CNC)cccc21. The standard InChI is InChI=1S/C13H18N2/c1-4-15-9-10(2)13-11(8-14-3)6-5-7-12(13)15/h5-7,9,14H,4,8H2,1-3H3. The Morgan fingerprint density at radius 3 is 2.80 bits per heavy atom. The number of aryl methyl sites for hydroxylation is 2. The zero-order valence-corrected chi connectivity index (χ0v) is 9.67. The van der Waals surface area contributed by atoms with Gasteiger partial charge in [-0.05, 0) is 38.1 Å². The van der Waals surface area contributed by atoms with Crippen molar-refractivity contribution < 1.29 is 0 Å². The van der Waals surface area contributed by atoms with E-state index >= 15 is 0 Å². The summed E-state index contributed by atoms with van der Waals surface area (Å²) < 4.78 is 2.31. The fraction of sp³-hybridized carbons (Fsp3) is 0.385. The van der Waals surface area contributed by atoms with Crippen LogP contribution in [0.4, 0.5) is 0 Å². The second-order valence-corrected chi connectivity index (χ2v) is 3.94. The molecular weight excluding hydrogens is 184 g/mol. The monoisotopic (exact) mass is 202 g/mol. The zero-order valence-electron chi connectivity index (χ0n) is 9.67. The number of fused-ring (bicyclic) bond motifs is 1. The van der Waals surface area contributed by atoms with Crippen LogP contribution in [0.15, 0.2) is 24.4 Å². The summed E-state index contributed by atoms with van der Waals surface area (Å²) in [6, 6.07) is 6.54. The van der Waals surface area contributed by atoms with Crippen LogP contribution in [0.1, 0.15) is 18.1 Å². The summed E-state index contributed by atoms with van der Waals surface area (Å²) in [5.41, 5.74) is 4.11. The van der Waals surface area contributed by atoms with Crippen molar-refractivity contribution in [2.75, 3.05) is 7.05 Å². The maximum Gasteiger partial charge on any atom is 0.0486 e. The van der Waals surface area contributed by atoms with Crippen LogP contribution in [0.25, 0.3) is 10.9 Å². The van der Waals surface area contributed by atoms with Gasteiger partial charge in [0, 0.05) is 30.2 Å². The molecule has 0 saturated carbocycles. The molecule has 0 spiro atoms. The highest BCUT2D eigenvalue weighted by Crippen LogP contribution is 2.24. The summed E-state index contributed by atoms with van der Waals surface area (Å²) in [5, 5.41) is 4.63. The molecule has 2 aromatic rings. The van der Waals surface area contributed by atoms with Crippen molar-refractivity contribution in [1.82, 2.24) is 9.88 Å². The Kier molecular flexibility index (Phi) is 2.78. The summed E-state index contributed by atoms with van der Waals surface area (Å²) in [7, 11) is 1.99. The highest BCUT2D eigenvalue weighted by molar-refractivity contribution is 5.87. The fourth-order valence-corrected chi connectivity index (χ4v) is 2.25. The molecule has 1 aromatic heterocycles. The van der Waals surface area contributed by atoms with Gasteiger partial charge in [0.25, 0.3) is 0 Å². The Bertz CT molecular complexity index is 469. The van der Waals surface area contributed by atoms with Crippen molar-refractivity contribution in [2.45, 2.75) is 26.9 Å². The lowest BCUT2D eigenvalue weighted by Gasteiger charge is -2.05. The predicted molar refractivity (Wildman–Crippen MR) is 65.1 cm³/mol. The van der Waals surface area contributed by atoms with Crippen LogP contribution < -0.4 is 5.32 Å². The third-order valence-electron chi connectivity index (χ3n) is 2.89. The predicted octanol–water partition coefficient (Wildman–Crippen LogP) is 2.69. The molecule has 1 heterocycles. The molecule has 2 nitrogen and oxygen atoms in total. The van der Waals surface area contributed by atoms with Crippen molar-refractivity contribution in [3.05, 3.63) is 35.5 Å². The molecule has 0 unspecified atom stereocenters. The third kappa shape index (κ3) is 1.65. The van der Waals surface area contributed by atoms with Crippen LogP contribution >= 0.6 is 0 Å². The minimum atomic E-state index is 0.936. The van der Waals surface area contributed by atoms with E-state index in [1.807, 2.05) is 7.05 Å². The number of rotatable bonds is 3. The van der Waals surface area contributed by atoms with Gasteiger partial charge in [0.2, 0.25) is 0 Å². The first-order valence-electron chi connectivity index (χ1n) is 5.49. The Hall–Kier alpha value is -1.28. The second kappa shape index (κ2) is 4.07. The number of hydrogen-bond donors (Lipinski definition) is 1. The van der Waals surface area contributed by atoms with Gasteiger partial charge in [-0.1, -0.05) is 12.1 Å². The number of benzene rings is 1. The van der Waals surface area contributed by atoms with Crippen LogP contribution in [0.5, 0.6) is 0 Å². The smallest absolute Gasteiger partial charge is 0.0486 e. The minimum absolute atomic E-state index is 0.936. The quantitative estimate of drug-likeness (QED) is 0.809. The summed E-state index contributed by atoms with van der Waals surface area (Å²) >= 11 is 0. The molecule has 0 aliphatic carbocycles. The summed E-state index contributed by atoms with van der Waals surface area (Å²) in [5.74, 6) is 0. The molecule has 0 bridgehead atoms. The van der Waals surface area contributed by atoms with Crippen molar-refractivity contribution in [2.24, 2.45) is 0 Å². The van der Waals surface area contributed by atoms with Crippen LogP contribution in [0.2, 0.25) is 0 Å². The van der Waals surface area contributed by atoms with Gasteiger partial charge in [-0.2, -0.15) is 0 Å². The number of nitrogens with one attached hydrogen (secondary N) is 1. The van der Waals surface area contributed by atoms with Gasteiger partial charge in [0.1, 0.15) is 0 Å². The van der Waals surface area contributed by atoms with Gasteiger partial charge in [-0.3, -0.25) is 0 Å². The van der Waals surface area contributed by atoms with E-state index in [4.69, 9.17) is 0 Å². The average Bonchev–Trinajstić information content (AvgIpc) is 2.57. The van der Waals surface area contributed by atoms with Crippen molar-refractivity contribution >= 4 is 10.9 Å². The third-order valence-corrected chi connectivity index (χ3v) is 2.89. The molecule has 2 heteroatoms. The Morgan fingerprint density at radius 2 is 2.13 bits per heavy atom. The van der Waals surface area contributed by atoms with Crippen LogP contribution in [-0.2, 0) is 13.1 Å². The van der Waals surface area contributed by atoms with E-state index in [9.17, 15) is 0 Å². The molecule has 0 aliphatic rings. The summed E-state index contributed by atoms with van der Waals surface area (Å²) in [6.45, 7) is 6.34. The molecule has 0 saturated heterocycles. The highest BCUT2D eigenvalue weighted by Gasteiger charge is 2.07. The van der Waals surface area contributed by atoms with E-state index in [1.165, 1.54) is 22.0 Å². The fourth-order valence-electron chi connectivity index (χ4n) is 2.25. The van der Waals surface area contributed by atoms with Crippen molar-refractivity contribution in [3.63, 3.8) is 0 Å². The zero-order chi connectivity index (χ0) is 10.8. The van der Waals surface area contributed by atoms with Crippen LogP contribution in [0, 0.1) is 6.92 Å². The summed E-state index contributed by atoms with van der Waals surface area (Å²) in [6.07, 6.45) is 2.24. The molecule has 0 radical (unpaired) electrons. The lowest BCUT2D eigenvalue weighted by Crippen LogP contribution is -2.05. The Labute approximate surface area is 90.9 Å². The van der Waals surface area contributed by atoms with Crippen LogP contribution in [0.3, 0.4) is 0 Å². The van der Waals surface area contributed by atoms with Crippen molar-refractivity contribution in [3.8, 4) is 0 Å².